The van der Waals surface area contributed by atoms with Crippen LogP contribution in [0, 0.1) is 0 Å². The van der Waals surface area contributed by atoms with Crippen molar-refractivity contribution in [1.29, 1.82) is 0 Å². The van der Waals surface area contributed by atoms with Gasteiger partial charge in [0.2, 0.25) is 15.9 Å². The molecule has 0 spiro atoms. The number of halogens is 1. The minimum Gasteiger partial charge on any atom is -0.355 e. The fraction of sp³-hybridized carbons (Fsp3) is 0.500. The Kier molecular flexibility index (Phi) is 7.71. The zero-order chi connectivity index (χ0) is 15.7. The molecule has 0 saturated carbocycles. The predicted molar refractivity (Wildman–Crippen MR) is 84.9 cm³/mol. The molecule has 118 valence electrons. The van der Waals surface area contributed by atoms with E-state index in [2.05, 4.69) is 10.0 Å². The number of hydrogen-bond acceptors (Lipinski definition) is 3. The molecule has 0 bridgehead atoms. The van der Waals surface area contributed by atoms with E-state index in [4.69, 9.17) is 11.6 Å². The van der Waals surface area contributed by atoms with E-state index < -0.39 is 10.0 Å². The maximum Gasteiger partial charge on any atom is 0.235 e. The van der Waals surface area contributed by atoms with Crippen LogP contribution in [-0.4, -0.2) is 33.2 Å². The summed E-state index contributed by atoms with van der Waals surface area (Å²) in [6, 6.07) is 7.37. The molecule has 0 aliphatic carbocycles. The van der Waals surface area contributed by atoms with E-state index in [0.717, 1.165) is 12.0 Å². The predicted octanol–water partition coefficient (Wildman–Crippen LogP) is 1.72. The SMILES string of the molecule is CCCCS(=O)(=O)NCC(=O)NCCc1ccc(Cl)cc1. The van der Waals surface area contributed by atoms with Crippen LogP contribution in [-0.2, 0) is 21.2 Å². The van der Waals surface area contributed by atoms with Gasteiger partial charge in [0, 0.05) is 11.6 Å². The Hall–Kier alpha value is -1.11. The molecule has 7 heteroatoms. The van der Waals surface area contributed by atoms with Crippen LogP contribution >= 0.6 is 11.6 Å². The second kappa shape index (κ2) is 9.02. The molecule has 21 heavy (non-hydrogen) atoms. The van der Waals surface area contributed by atoms with E-state index in [-0.39, 0.29) is 18.2 Å². The summed E-state index contributed by atoms with van der Waals surface area (Å²) in [6.45, 7) is 2.16. The topological polar surface area (TPSA) is 75.3 Å². The smallest absolute Gasteiger partial charge is 0.235 e. The molecule has 0 atom stereocenters. The summed E-state index contributed by atoms with van der Waals surface area (Å²) in [5.41, 5.74) is 1.06. The highest BCUT2D eigenvalue weighted by Crippen LogP contribution is 2.09. The minimum atomic E-state index is -3.35. The Morgan fingerprint density at radius 1 is 1.24 bits per heavy atom. The maximum absolute atomic E-state index is 11.5. The van der Waals surface area contributed by atoms with Gasteiger partial charge in [-0.15, -0.1) is 0 Å². The quantitative estimate of drug-likeness (QED) is 0.723. The van der Waals surface area contributed by atoms with Gasteiger partial charge in [-0.1, -0.05) is 37.1 Å². The van der Waals surface area contributed by atoms with Gasteiger partial charge in [-0.05, 0) is 30.5 Å². The molecule has 0 aromatic heterocycles. The number of hydrogen-bond donors (Lipinski definition) is 2. The summed E-state index contributed by atoms with van der Waals surface area (Å²) < 4.78 is 25.3. The van der Waals surface area contributed by atoms with Crippen molar-refractivity contribution in [1.82, 2.24) is 10.0 Å². The molecule has 0 heterocycles. The van der Waals surface area contributed by atoms with Gasteiger partial charge >= 0.3 is 0 Å². The largest absolute Gasteiger partial charge is 0.355 e. The third kappa shape index (κ3) is 8.04. The van der Waals surface area contributed by atoms with Crippen LogP contribution in [0.25, 0.3) is 0 Å². The van der Waals surface area contributed by atoms with E-state index in [1.807, 2.05) is 19.1 Å². The molecular weight excluding hydrogens is 312 g/mol. The Bertz CT molecular complexity index is 544. The average molecular weight is 333 g/mol. The van der Waals surface area contributed by atoms with Crippen LogP contribution in [0.2, 0.25) is 5.02 Å². The monoisotopic (exact) mass is 332 g/mol. The molecule has 2 N–H and O–H groups in total. The highest BCUT2D eigenvalue weighted by Gasteiger charge is 2.11. The number of carbonyl (C=O) groups excluding carboxylic acids is 1. The van der Waals surface area contributed by atoms with Crippen molar-refractivity contribution in [2.45, 2.75) is 26.2 Å². The first kappa shape index (κ1) is 17.9. The molecular formula is C14H21ClN2O3S. The number of amides is 1. The van der Waals surface area contributed by atoms with Gasteiger partial charge in [-0.3, -0.25) is 4.79 Å². The molecule has 1 amide bonds. The van der Waals surface area contributed by atoms with E-state index in [1.54, 1.807) is 12.1 Å². The van der Waals surface area contributed by atoms with Crippen molar-refractivity contribution in [2.24, 2.45) is 0 Å². The van der Waals surface area contributed by atoms with Gasteiger partial charge in [0.1, 0.15) is 0 Å². The number of carbonyl (C=O) groups is 1. The van der Waals surface area contributed by atoms with Gasteiger partial charge in [-0.25, -0.2) is 13.1 Å². The molecule has 0 aliphatic heterocycles. The van der Waals surface area contributed by atoms with Crippen LogP contribution in [0.4, 0.5) is 0 Å². The Labute approximate surface area is 131 Å². The number of rotatable bonds is 9. The minimum absolute atomic E-state index is 0.0571. The molecule has 1 aromatic carbocycles. The van der Waals surface area contributed by atoms with Crippen LogP contribution < -0.4 is 10.0 Å². The zero-order valence-electron chi connectivity index (χ0n) is 12.1. The Balaban J connectivity index is 2.23. The first-order valence-corrected chi connectivity index (χ1v) is 8.94. The maximum atomic E-state index is 11.5. The van der Waals surface area contributed by atoms with E-state index in [1.165, 1.54) is 0 Å². The zero-order valence-corrected chi connectivity index (χ0v) is 13.6. The van der Waals surface area contributed by atoms with Gasteiger partial charge in [0.25, 0.3) is 0 Å². The van der Waals surface area contributed by atoms with Gasteiger partial charge < -0.3 is 5.32 Å². The summed E-state index contributed by atoms with van der Waals surface area (Å²) in [6.07, 6.45) is 2.06. The summed E-state index contributed by atoms with van der Waals surface area (Å²) in [7, 11) is -3.35. The lowest BCUT2D eigenvalue weighted by Crippen LogP contribution is -2.38. The number of sulfonamides is 1. The Morgan fingerprint density at radius 3 is 2.52 bits per heavy atom. The standard InChI is InChI=1S/C14H21ClN2O3S/c1-2-3-10-21(19,20)17-11-14(18)16-9-8-12-4-6-13(15)7-5-12/h4-7,17H,2-3,8-11H2,1H3,(H,16,18). The second-order valence-corrected chi connectivity index (χ2v) is 7.08. The fourth-order valence-corrected chi connectivity index (χ4v) is 2.93. The summed E-state index contributed by atoms with van der Waals surface area (Å²) in [5.74, 6) is -0.272. The molecule has 1 rings (SSSR count). The third-order valence-corrected chi connectivity index (χ3v) is 4.53. The van der Waals surface area contributed by atoms with E-state index in [9.17, 15) is 13.2 Å². The summed E-state index contributed by atoms with van der Waals surface area (Å²) >= 11 is 5.78. The Morgan fingerprint density at radius 2 is 1.90 bits per heavy atom. The summed E-state index contributed by atoms with van der Waals surface area (Å²) in [4.78, 5) is 11.5. The number of nitrogens with one attached hydrogen (secondary N) is 2. The van der Waals surface area contributed by atoms with Crippen molar-refractivity contribution >= 4 is 27.5 Å². The van der Waals surface area contributed by atoms with E-state index >= 15 is 0 Å². The molecule has 0 fully saturated rings. The highest BCUT2D eigenvalue weighted by molar-refractivity contribution is 7.89. The summed E-state index contributed by atoms with van der Waals surface area (Å²) in [5, 5.41) is 3.35. The first-order chi connectivity index (χ1) is 9.93. The van der Waals surface area contributed by atoms with Crippen molar-refractivity contribution in [2.75, 3.05) is 18.8 Å². The van der Waals surface area contributed by atoms with Crippen molar-refractivity contribution < 1.29 is 13.2 Å². The molecule has 1 aromatic rings. The lowest BCUT2D eigenvalue weighted by molar-refractivity contribution is -0.119. The lowest BCUT2D eigenvalue weighted by Gasteiger charge is -2.07. The van der Waals surface area contributed by atoms with Crippen molar-refractivity contribution in [3.05, 3.63) is 34.9 Å². The normalized spacial score (nSPS) is 11.3. The highest BCUT2D eigenvalue weighted by atomic mass is 35.5. The molecule has 0 aliphatic rings. The molecule has 0 radical (unpaired) electrons. The average Bonchev–Trinajstić information content (AvgIpc) is 2.45. The third-order valence-electron chi connectivity index (χ3n) is 2.87. The van der Waals surface area contributed by atoms with Crippen LogP contribution in [0.3, 0.4) is 0 Å². The molecule has 0 saturated heterocycles. The van der Waals surface area contributed by atoms with Crippen molar-refractivity contribution in [3.63, 3.8) is 0 Å². The molecule has 0 unspecified atom stereocenters. The van der Waals surface area contributed by atoms with Crippen LogP contribution in [0.1, 0.15) is 25.3 Å². The van der Waals surface area contributed by atoms with Crippen molar-refractivity contribution in [3.8, 4) is 0 Å². The molecule has 5 nitrogen and oxygen atoms in total. The number of benzene rings is 1. The first-order valence-electron chi connectivity index (χ1n) is 6.91. The van der Waals surface area contributed by atoms with Gasteiger partial charge in [-0.2, -0.15) is 0 Å². The number of unbranched alkanes of at least 4 members (excludes halogenated alkanes) is 1. The lowest BCUT2D eigenvalue weighted by atomic mass is 10.1. The fourth-order valence-electron chi connectivity index (χ4n) is 1.64. The van der Waals surface area contributed by atoms with Crippen LogP contribution in [0.5, 0.6) is 0 Å². The van der Waals surface area contributed by atoms with E-state index in [0.29, 0.717) is 24.4 Å². The second-order valence-electron chi connectivity index (χ2n) is 4.72. The van der Waals surface area contributed by atoms with Crippen LogP contribution in [0.15, 0.2) is 24.3 Å². The van der Waals surface area contributed by atoms with Gasteiger partial charge in [0.05, 0.1) is 12.3 Å². The van der Waals surface area contributed by atoms with Gasteiger partial charge in [0.15, 0.2) is 0 Å².